The molecule has 0 bridgehead atoms. The van der Waals surface area contributed by atoms with Crippen LogP contribution in [0.25, 0.3) is 0 Å². The Bertz CT molecular complexity index is 74.0. The average molecular weight is 159 g/mol. The minimum Gasteiger partial charge on any atom is -0.396 e. The Morgan fingerprint density at radius 3 is 2.27 bits per heavy atom. The molecule has 0 aromatic heterocycles. The van der Waals surface area contributed by atoms with Crippen molar-refractivity contribution in [1.29, 1.82) is 0 Å². The number of unbranched alkanes of at least 4 members (excludes halogenated alkanes) is 2. The van der Waals surface area contributed by atoms with Crippen LogP contribution in [0, 0.1) is 6.10 Å². The molecule has 0 unspecified atom stereocenters. The molecule has 2 heteroatoms. The maximum atomic E-state index is 9.24. The van der Waals surface area contributed by atoms with E-state index in [4.69, 9.17) is 5.11 Å². The van der Waals surface area contributed by atoms with Crippen LogP contribution in [0.4, 0.5) is 0 Å². The van der Waals surface area contributed by atoms with E-state index in [-0.39, 0.29) is 6.61 Å². The van der Waals surface area contributed by atoms with Gasteiger partial charge in [0.25, 0.3) is 0 Å². The lowest BCUT2D eigenvalue weighted by Crippen LogP contribution is -1.96. The first kappa shape index (κ1) is 10.9. The van der Waals surface area contributed by atoms with E-state index in [2.05, 4.69) is 6.92 Å². The van der Waals surface area contributed by atoms with Gasteiger partial charge in [-0.2, -0.15) is 0 Å². The fourth-order valence-corrected chi connectivity index (χ4v) is 0.947. The van der Waals surface area contributed by atoms with Crippen molar-refractivity contribution >= 4 is 0 Å². The van der Waals surface area contributed by atoms with E-state index < -0.39 is 0 Å². The Morgan fingerprint density at radius 2 is 1.73 bits per heavy atom. The van der Waals surface area contributed by atoms with E-state index in [0.29, 0.717) is 6.10 Å². The van der Waals surface area contributed by atoms with E-state index in [9.17, 15) is 5.11 Å². The molecule has 0 atom stereocenters. The van der Waals surface area contributed by atoms with Crippen LogP contribution >= 0.6 is 0 Å². The zero-order valence-electron chi connectivity index (χ0n) is 7.34. The third kappa shape index (κ3) is 7.82. The summed E-state index contributed by atoms with van der Waals surface area (Å²) in [6, 6.07) is 0. The summed E-state index contributed by atoms with van der Waals surface area (Å²) in [6.07, 6.45) is 6.11. The second-order valence-corrected chi connectivity index (χ2v) is 2.85. The lowest BCUT2D eigenvalue weighted by Gasteiger charge is -2.06. The van der Waals surface area contributed by atoms with Crippen LogP contribution in [0.2, 0.25) is 0 Å². The van der Waals surface area contributed by atoms with Crippen LogP contribution in [0.5, 0.6) is 0 Å². The summed E-state index contributed by atoms with van der Waals surface area (Å²) in [5.74, 6) is 0. The van der Waals surface area contributed by atoms with Gasteiger partial charge in [0, 0.05) is 6.61 Å². The highest BCUT2D eigenvalue weighted by Gasteiger charge is 2.02. The molecule has 0 aliphatic rings. The first-order valence-corrected chi connectivity index (χ1v) is 4.45. The zero-order chi connectivity index (χ0) is 8.53. The van der Waals surface area contributed by atoms with Crippen molar-refractivity contribution in [2.75, 3.05) is 6.61 Å². The van der Waals surface area contributed by atoms with Gasteiger partial charge in [-0.1, -0.05) is 19.8 Å². The lowest BCUT2D eigenvalue weighted by molar-refractivity contribution is 0.244. The van der Waals surface area contributed by atoms with Crippen molar-refractivity contribution in [2.45, 2.75) is 45.4 Å². The molecule has 11 heavy (non-hydrogen) atoms. The van der Waals surface area contributed by atoms with E-state index in [1.807, 2.05) is 0 Å². The Hall–Kier alpha value is -0.0800. The normalized spacial score (nSPS) is 10.9. The van der Waals surface area contributed by atoms with Crippen molar-refractivity contribution in [3.05, 3.63) is 6.10 Å². The number of hydrogen-bond donors (Lipinski definition) is 2. The minimum absolute atomic E-state index is 0.237. The molecule has 0 aliphatic heterocycles. The number of aliphatic hydroxyl groups excluding tert-OH is 2. The molecule has 0 saturated heterocycles. The topological polar surface area (TPSA) is 40.5 Å². The molecule has 0 aromatic rings. The number of aliphatic hydroxyl groups is 2. The average Bonchev–Trinajstić information content (AvgIpc) is 2.01. The molecule has 2 N–H and O–H groups in total. The molecule has 67 valence electrons. The zero-order valence-corrected chi connectivity index (χ0v) is 7.34. The molecule has 1 radical (unpaired) electrons. The van der Waals surface area contributed by atoms with Crippen molar-refractivity contribution < 1.29 is 10.2 Å². The quantitative estimate of drug-likeness (QED) is 0.559. The van der Waals surface area contributed by atoms with Gasteiger partial charge in [0.1, 0.15) is 0 Å². The summed E-state index contributed by atoms with van der Waals surface area (Å²) in [5.41, 5.74) is 0. The molecule has 0 fully saturated rings. The predicted octanol–water partition coefficient (Wildman–Crippen LogP) is 2.24. The highest BCUT2D eigenvalue weighted by atomic mass is 16.3. The Labute approximate surface area is 69.2 Å². The van der Waals surface area contributed by atoms with Crippen LogP contribution in [-0.4, -0.2) is 16.8 Å². The molecule has 0 heterocycles. The van der Waals surface area contributed by atoms with Crippen LogP contribution in [0.3, 0.4) is 0 Å². The summed E-state index contributed by atoms with van der Waals surface area (Å²) in [7, 11) is 0. The monoisotopic (exact) mass is 159 g/mol. The number of hydrogen-bond acceptors (Lipinski definition) is 2. The maximum Gasteiger partial charge on any atom is 0.0933 e. The summed E-state index contributed by atoms with van der Waals surface area (Å²) in [4.78, 5) is 0. The van der Waals surface area contributed by atoms with Crippen molar-refractivity contribution in [2.24, 2.45) is 0 Å². The van der Waals surface area contributed by atoms with E-state index in [1.165, 1.54) is 0 Å². The predicted molar refractivity (Wildman–Crippen MR) is 45.6 cm³/mol. The van der Waals surface area contributed by atoms with Gasteiger partial charge < -0.3 is 10.2 Å². The molecule has 2 nitrogen and oxygen atoms in total. The first-order valence-electron chi connectivity index (χ1n) is 4.45. The third-order valence-electron chi connectivity index (χ3n) is 1.69. The van der Waals surface area contributed by atoms with Crippen molar-refractivity contribution in [3.8, 4) is 0 Å². The number of rotatable bonds is 7. The highest BCUT2D eigenvalue weighted by molar-refractivity contribution is 4.74. The van der Waals surface area contributed by atoms with Crippen molar-refractivity contribution in [3.63, 3.8) is 0 Å². The van der Waals surface area contributed by atoms with Crippen LogP contribution in [0.15, 0.2) is 0 Å². The molecule has 0 aromatic carbocycles. The maximum absolute atomic E-state index is 9.24. The summed E-state index contributed by atoms with van der Waals surface area (Å²) in [6.45, 7) is 2.35. The smallest absolute Gasteiger partial charge is 0.0933 e. The summed E-state index contributed by atoms with van der Waals surface area (Å²) >= 11 is 0. The Balaban J connectivity index is 3.02. The van der Waals surface area contributed by atoms with Crippen LogP contribution < -0.4 is 0 Å². The van der Waals surface area contributed by atoms with Gasteiger partial charge in [-0.3, -0.25) is 0 Å². The van der Waals surface area contributed by atoms with E-state index >= 15 is 0 Å². The largest absolute Gasteiger partial charge is 0.396 e. The van der Waals surface area contributed by atoms with Crippen LogP contribution in [0.1, 0.15) is 45.4 Å². The fourth-order valence-electron chi connectivity index (χ4n) is 0.947. The second kappa shape index (κ2) is 8.02. The highest BCUT2D eigenvalue weighted by Crippen LogP contribution is 2.14. The first-order chi connectivity index (χ1) is 5.31. The second-order valence-electron chi connectivity index (χ2n) is 2.85. The van der Waals surface area contributed by atoms with E-state index in [1.54, 1.807) is 0 Å². The van der Waals surface area contributed by atoms with Gasteiger partial charge in [0.05, 0.1) is 6.10 Å². The minimum atomic E-state index is 0.237. The van der Waals surface area contributed by atoms with Gasteiger partial charge in [0.2, 0.25) is 0 Å². The standard InChI is InChI=1S/C9H19O2/c1-2-3-6-9(11)7-4-5-8-10/h10-11H,2-8H2,1H3. The lowest BCUT2D eigenvalue weighted by atomic mass is 10.1. The molecule has 0 aliphatic carbocycles. The van der Waals surface area contributed by atoms with Crippen LogP contribution in [-0.2, 0) is 0 Å². The SMILES string of the molecule is CCCC[C](O)CCCCO. The Kier molecular flexibility index (Phi) is 7.96. The molecule has 0 rings (SSSR count). The van der Waals surface area contributed by atoms with E-state index in [0.717, 1.165) is 38.5 Å². The molecule has 0 spiro atoms. The third-order valence-corrected chi connectivity index (χ3v) is 1.69. The fraction of sp³-hybridized carbons (Fsp3) is 0.889. The summed E-state index contributed by atoms with van der Waals surface area (Å²) in [5, 5.41) is 17.7. The van der Waals surface area contributed by atoms with Gasteiger partial charge in [0.15, 0.2) is 0 Å². The molecular weight excluding hydrogens is 140 g/mol. The summed E-state index contributed by atoms with van der Waals surface area (Å²) < 4.78 is 0. The van der Waals surface area contributed by atoms with Gasteiger partial charge in [-0.25, -0.2) is 0 Å². The van der Waals surface area contributed by atoms with Gasteiger partial charge >= 0.3 is 0 Å². The molecular formula is C9H19O2. The van der Waals surface area contributed by atoms with Gasteiger partial charge in [-0.05, 0) is 25.7 Å². The Morgan fingerprint density at radius 1 is 1.09 bits per heavy atom. The van der Waals surface area contributed by atoms with Gasteiger partial charge in [-0.15, -0.1) is 0 Å². The molecule has 0 saturated carbocycles. The molecule has 0 amide bonds. The van der Waals surface area contributed by atoms with Crippen molar-refractivity contribution in [1.82, 2.24) is 0 Å².